The monoisotopic (exact) mass is 346 g/mol. The molecule has 0 aliphatic heterocycles. The lowest BCUT2D eigenvalue weighted by Gasteiger charge is -2.19. The summed E-state index contributed by atoms with van der Waals surface area (Å²) in [6.45, 7) is 2.01. The molecule has 0 spiro atoms. The van der Waals surface area contributed by atoms with Crippen LogP contribution in [0.1, 0.15) is 42.0 Å². The second kappa shape index (κ2) is 7.34. The number of aryl methyl sites for hydroxylation is 1. The molecule has 0 heterocycles. The van der Waals surface area contributed by atoms with Gasteiger partial charge in [0.25, 0.3) is 0 Å². The molecule has 0 aromatic heterocycles. The molecule has 4 heteroatoms. The van der Waals surface area contributed by atoms with Crippen LogP contribution in [0, 0.1) is 17.5 Å². The SMILES string of the molecule is CCCCc1ccc(C2=CCc3cc(OC)c(F)cc3C2)c(F)c1F. The van der Waals surface area contributed by atoms with Crippen molar-refractivity contribution in [3.63, 3.8) is 0 Å². The molecule has 0 bridgehead atoms. The molecule has 0 amide bonds. The van der Waals surface area contributed by atoms with E-state index in [9.17, 15) is 13.2 Å². The normalized spacial score (nSPS) is 13.4. The van der Waals surface area contributed by atoms with Crippen LogP contribution in [-0.2, 0) is 19.3 Å². The van der Waals surface area contributed by atoms with Crippen LogP contribution in [0.4, 0.5) is 13.2 Å². The second-order valence-electron chi connectivity index (χ2n) is 6.37. The van der Waals surface area contributed by atoms with Gasteiger partial charge in [0.15, 0.2) is 23.2 Å². The Morgan fingerprint density at radius 2 is 1.84 bits per heavy atom. The topological polar surface area (TPSA) is 9.23 Å². The second-order valence-corrected chi connectivity index (χ2v) is 6.37. The Morgan fingerprint density at radius 1 is 1.04 bits per heavy atom. The summed E-state index contributed by atoms with van der Waals surface area (Å²) in [6.07, 6.45) is 5.09. The molecule has 0 unspecified atom stereocenters. The van der Waals surface area contributed by atoms with Crippen LogP contribution in [-0.4, -0.2) is 7.11 Å². The first-order valence-corrected chi connectivity index (χ1v) is 8.56. The summed E-state index contributed by atoms with van der Waals surface area (Å²) in [4.78, 5) is 0. The van der Waals surface area contributed by atoms with Crippen molar-refractivity contribution in [2.75, 3.05) is 7.11 Å². The fourth-order valence-electron chi connectivity index (χ4n) is 3.26. The quantitative estimate of drug-likeness (QED) is 0.681. The van der Waals surface area contributed by atoms with Gasteiger partial charge < -0.3 is 4.74 Å². The number of hydrogen-bond donors (Lipinski definition) is 0. The molecule has 2 aromatic carbocycles. The van der Waals surface area contributed by atoms with Gasteiger partial charge in [-0.1, -0.05) is 31.6 Å². The van der Waals surface area contributed by atoms with Crippen molar-refractivity contribution < 1.29 is 17.9 Å². The van der Waals surface area contributed by atoms with Crippen LogP contribution in [0.25, 0.3) is 5.57 Å². The molecule has 0 atom stereocenters. The minimum absolute atomic E-state index is 0.202. The summed E-state index contributed by atoms with van der Waals surface area (Å²) in [5.74, 6) is -1.81. The van der Waals surface area contributed by atoms with E-state index < -0.39 is 17.5 Å². The van der Waals surface area contributed by atoms with Crippen LogP contribution < -0.4 is 4.74 Å². The van der Waals surface area contributed by atoms with Crippen LogP contribution >= 0.6 is 0 Å². The van der Waals surface area contributed by atoms with Crippen molar-refractivity contribution in [3.05, 3.63) is 70.0 Å². The Labute approximate surface area is 146 Å². The summed E-state index contributed by atoms with van der Waals surface area (Å²) in [5, 5.41) is 0. The number of allylic oxidation sites excluding steroid dienone is 2. The van der Waals surface area contributed by atoms with Crippen LogP contribution in [0.15, 0.2) is 30.3 Å². The van der Waals surface area contributed by atoms with E-state index in [1.807, 2.05) is 13.0 Å². The Morgan fingerprint density at radius 3 is 2.56 bits per heavy atom. The number of hydrogen-bond acceptors (Lipinski definition) is 1. The molecule has 1 aliphatic carbocycles. The first kappa shape index (κ1) is 17.6. The minimum atomic E-state index is -0.808. The van der Waals surface area contributed by atoms with Gasteiger partial charge in [-0.05, 0) is 60.1 Å². The highest BCUT2D eigenvalue weighted by atomic mass is 19.2. The number of halogens is 3. The number of benzene rings is 2. The van der Waals surface area contributed by atoms with E-state index in [1.54, 1.807) is 18.2 Å². The maximum absolute atomic E-state index is 14.5. The zero-order chi connectivity index (χ0) is 18.0. The lowest BCUT2D eigenvalue weighted by Crippen LogP contribution is -2.07. The van der Waals surface area contributed by atoms with Gasteiger partial charge in [0.1, 0.15) is 0 Å². The largest absolute Gasteiger partial charge is 0.494 e. The third-order valence-corrected chi connectivity index (χ3v) is 4.73. The lowest BCUT2D eigenvalue weighted by molar-refractivity contribution is 0.385. The van der Waals surface area contributed by atoms with E-state index in [-0.39, 0.29) is 11.3 Å². The van der Waals surface area contributed by atoms with Crippen LogP contribution in [0.3, 0.4) is 0 Å². The van der Waals surface area contributed by atoms with Gasteiger partial charge >= 0.3 is 0 Å². The molecule has 0 N–H and O–H groups in total. The van der Waals surface area contributed by atoms with Crippen LogP contribution in [0.5, 0.6) is 5.75 Å². The molecule has 1 nitrogen and oxygen atoms in total. The Bertz CT molecular complexity index is 824. The van der Waals surface area contributed by atoms with Gasteiger partial charge in [0.05, 0.1) is 7.11 Å². The Balaban J connectivity index is 1.91. The van der Waals surface area contributed by atoms with Gasteiger partial charge in [-0.15, -0.1) is 0 Å². The van der Waals surface area contributed by atoms with E-state index in [4.69, 9.17) is 4.74 Å². The molecule has 0 radical (unpaired) electrons. The van der Waals surface area contributed by atoms with E-state index >= 15 is 0 Å². The maximum atomic E-state index is 14.5. The standard InChI is InChI=1S/C21H21F3O/c1-3-4-5-13-8-9-17(21(24)20(13)23)15-7-6-14-12-19(25-2)18(22)11-16(14)10-15/h7-9,11-12H,3-6,10H2,1-2H3. The van der Waals surface area contributed by atoms with Crippen molar-refractivity contribution in [3.8, 4) is 5.75 Å². The number of fused-ring (bicyclic) bond motifs is 1. The number of methoxy groups -OCH3 is 1. The molecule has 0 fully saturated rings. The average Bonchev–Trinajstić information content (AvgIpc) is 2.62. The summed E-state index contributed by atoms with van der Waals surface area (Å²) in [7, 11) is 1.42. The van der Waals surface area contributed by atoms with E-state index in [1.165, 1.54) is 13.2 Å². The van der Waals surface area contributed by atoms with Crippen molar-refractivity contribution >= 4 is 5.57 Å². The van der Waals surface area contributed by atoms with Crippen molar-refractivity contribution in [2.24, 2.45) is 0 Å². The third-order valence-electron chi connectivity index (χ3n) is 4.73. The molecule has 0 saturated carbocycles. The van der Waals surface area contributed by atoms with Gasteiger partial charge in [-0.3, -0.25) is 0 Å². The zero-order valence-corrected chi connectivity index (χ0v) is 14.5. The fraction of sp³-hybridized carbons (Fsp3) is 0.333. The molecule has 2 aromatic rings. The molecule has 0 saturated heterocycles. The summed E-state index contributed by atoms with van der Waals surface area (Å²) in [6, 6.07) is 6.39. The van der Waals surface area contributed by atoms with Crippen molar-refractivity contribution in [1.29, 1.82) is 0 Å². The summed E-state index contributed by atoms with van der Waals surface area (Å²) >= 11 is 0. The fourth-order valence-corrected chi connectivity index (χ4v) is 3.26. The van der Waals surface area contributed by atoms with Crippen molar-refractivity contribution in [2.45, 2.75) is 39.0 Å². The lowest BCUT2D eigenvalue weighted by atomic mass is 9.87. The number of rotatable bonds is 5. The third kappa shape index (κ3) is 3.44. The van der Waals surface area contributed by atoms with Gasteiger partial charge in [0.2, 0.25) is 0 Å². The highest BCUT2D eigenvalue weighted by Gasteiger charge is 2.20. The van der Waals surface area contributed by atoms with E-state index in [0.29, 0.717) is 30.4 Å². The van der Waals surface area contributed by atoms with Crippen molar-refractivity contribution in [1.82, 2.24) is 0 Å². The van der Waals surface area contributed by atoms with Gasteiger partial charge in [-0.2, -0.15) is 0 Å². The highest BCUT2D eigenvalue weighted by molar-refractivity contribution is 5.71. The smallest absolute Gasteiger partial charge is 0.166 e. The van der Waals surface area contributed by atoms with Crippen LogP contribution in [0.2, 0.25) is 0 Å². The zero-order valence-electron chi connectivity index (χ0n) is 14.5. The molecule has 132 valence electrons. The Kier molecular flexibility index (Phi) is 5.16. The summed E-state index contributed by atoms with van der Waals surface area (Å²) in [5.41, 5.74) is 3.10. The minimum Gasteiger partial charge on any atom is -0.494 e. The highest BCUT2D eigenvalue weighted by Crippen LogP contribution is 2.33. The number of unbranched alkanes of at least 4 members (excludes halogenated alkanes) is 1. The first-order chi connectivity index (χ1) is 12.0. The van der Waals surface area contributed by atoms with E-state index in [0.717, 1.165) is 24.0 Å². The molecule has 1 aliphatic rings. The maximum Gasteiger partial charge on any atom is 0.166 e. The first-order valence-electron chi connectivity index (χ1n) is 8.56. The van der Waals surface area contributed by atoms with Gasteiger partial charge in [0, 0.05) is 5.56 Å². The number of ether oxygens (including phenoxy) is 1. The molecule has 25 heavy (non-hydrogen) atoms. The average molecular weight is 346 g/mol. The van der Waals surface area contributed by atoms with E-state index in [2.05, 4.69) is 0 Å². The summed E-state index contributed by atoms with van der Waals surface area (Å²) < 4.78 is 47.8. The molecular weight excluding hydrogens is 325 g/mol. The predicted octanol–water partition coefficient (Wildman–Crippen LogP) is 5.64. The molecule has 3 rings (SSSR count). The Hall–Kier alpha value is -2.23. The van der Waals surface area contributed by atoms with Gasteiger partial charge in [-0.25, -0.2) is 13.2 Å². The predicted molar refractivity (Wildman–Crippen MR) is 93.3 cm³/mol. The molecular formula is C21H21F3O.